The van der Waals surface area contributed by atoms with Gasteiger partial charge in [0.1, 0.15) is 13.2 Å². The molecule has 0 aliphatic carbocycles. The summed E-state index contributed by atoms with van der Waals surface area (Å²) in [7, 11) is 1.19. The molecule has 0 aromatic carbocycles. The highest BCUT2D eigenvalue weighted by Crippen LogP contribution is 2.29. The minimum absolute atomic E-state index is 0.0147. The fourth-order valence-corrected chi connectivity index (χ4v) is 1.17. The number of ether oxygens (including phenoxy) is 1. The van der Waals surface area contributed by atoms with Crippen molar-refractivity contribution < 1.29 is 32.9 Å². The van der Waals surface area contributed by atoms with Gasteiger partial charge in [0.15, 0.2) is 0 Å². The Hall–Kier alpha value is -0.720. The Morgan fingerprint density at radius 3 is 2.19 bits per heavy atom. The second-order valence-electron chi connectivity index (χ2n) is 5.59. The van der Waals surface area contributed by atoms with E-state index in [0.29, 0.717) is 23.2 Å². The van der Waals surface area contributed by atoms with Crippen molar-refractivity contribution >= 4 is 13.8 Å². The van der Waals surface area contributed by atoms with Gasteiger partial charge in [-0.2, -0.15) is 0 Å². The molecule has 0 amide bonds. The number of hydrogen-bond donors (Lipinski definition) is 1. The van der Waals surface area contributed by atoms with Gasteiger partial charge >= 0.3 is 5.97 Å². The summed E-state index contributed by atoms with van der Waals surface area (Å²) in [6.45, 7) is 8.22. The Labute approximate surface area is 127 Å². The van der Waals surface area contributed by atoms with E-state index in [-0.39, 0.29) is 12.6 Å². The summed E-state index contributed by atoms with van der Waals surface area (Å²) in [5.41, 5.74) is 0.469. The van der Waals surface area contributed by atoms with Crippen LogP contribution < -0.4 is 4.89 Å². The van der Waals surface area contributed by atoms with E-state index in [9.17, 15) is 14.3 Å². The number of phosphoric acid groups is 1. The zero-order chi connectivity index (χ0) is 17.1. The van der Waals surface area contributed by atoms with E-state index in [1.54, 1.807) is 6.92 Å². The van der Waals surface area contributed by atoms with E-state index >= 15 is 0 Å². The summed E-state index contributed by atoms with van der Waals surface area (Å²) >= 11 is 0. The number of phosphoric ester groups is 1. The van der Waals surface area contributed by atoms with Crippen molar-refractivity contribution in [3.63, 3.8) is 0 Å². The number of nitrogens with zero attached hydrogens (tertiary/aromatic N) is 1. The minimum Gasteiger partial charge on any atom is -0.756 e. The Kier molecular flexibility index (Phi) is 11.7. The molecule has 21 heavy (non-hydrogen) atoms. The zero-order valence-electron chi connectivity index (χ0n) is 13.6. The standard InChI is InChI=1S/C8H14O2.C5H14NO4P/c1-4-5-6-10-8(9)7(2)3;1-6(2,3)4-5-10-11(7,8)9/h2,4-6H2,1,3H3;4-5H2,1-3H3,(H-,7,8,9). The predicted molar refractivity (Wildman–Crippen MR) is 79.4 cm³/mol. The summed E-state index contributed by atoms with van der Waals surface area (Å²) in [6.07, 6.45) is 1.97. The largest absolute Gasteiger partial charge is 0.756 e. The van der Waals surface area contributed by atoms with Crippen LogP contribution in [0.1, 0.15) is 26.7 Å². The van der Waals surface area contributed by atoms with Gasteiger partial charge in [-0.25, -0.2) is 4.79 Å². The number of likely N-dealkylation sites (N-methyl/N-ethyl adjacent to an activating group) is 1. The van der Waals surface area contributed by atoms with Crippen LogP contribution in [-0.4, -0.2) is 56.2 Å². The molecule has 0 rings (SSSR count). The fraction of sp³-hybridized carbons (Fsp3) is 0.769. The number of esters is 1. The van der Waals surface area contributed by atoms with E-state index in [1.807, 2.05) is 21.1 Å². The van der Waals surface area contributed by atoms with E-state index < -0.39 is 7.82 Å². The lowest BCUT2D eigenvalue weighted by Crippen LogP contribution is -2.37. The highest BCUT2D eigenvalue weighted by molar-refractivity contribution is 7.44. The third-order valence-electron chi connectivity index (χ3n) is 2.10. The first-order valence-electron chi connectivity index (χ1n) is 6.70. The molecule has 0 aromatic heterocycles. The van der Waals surface area contributed by atoms with Gasteiger partial charge in [-0.05, 0) is 13.3 Å². The highest BCUT2D eigenvalue weighted by atomic mass is 31.2. The molecule has 0 saturated heterocycles. The van der Waals surface area contributed by atoms with Crippen LogP contribution in [0.2, 0.25) is 0 Å². The van der Waals surface area contributed by atoms with Crippen LogP contribution in [0.3, 0.4) is 0 Å². The molecule has 126 valence electrons. The number of carbonyl (C=O) groups excluding carboxylic acids is 1. The Morgan fingerprint density at radius 2 is 1.86 bits per heavy atom. The molecule has 0 spiro atoms. The second kappa shape index (κ2) is 10.9. The normalized spacial score (nSPS) is 13.7. The lowest BCUT2D eigenvalue weighted by Gasteiger charge is -2.25. The molecular formula is C13H28NO6P. The molecule has 0 heterocycles. The molecule has 0 fully saturated rings. The van der Waals surface area contributed by atoms with Gasteiger partial charge in [-0.15, -0.1) is 0 Å². The van der Waals surface area contributed by atoms with Crippen molar-refractivity contribution in [2.75, 3.05) is 40.9 Å². The lowest BCUT2D eigenvalue weighted by molar-refractivity contribution is -0.870. The van der Waals surface area contributed by atoms with Crippen LogP contribution in [-0.2, 0) is 18.6 Å². The van der Waals surface area contributed by atoms with E-state index in [1.165, 1.54) is 0 Å². The van der Waals surface area contributed by atoms with Gasteiger partial charge in [-0.3, -0.25) is 4.57 Å². The Balaban J connectivity index is 0. The summed E-state index contributed by atoms with van der Waals surface area (Å²) in [4.78, 5) is 29.0. The third-order valence-corrected chi connectivity index (χ3v) is 2.60. The van der Waals surface area contributed by atoms with Gasteiger partial charge in [0, 0.05) is 5.57 Å². The van der Waals surface area contributed by atoms with Crippen molar-refractivity contribution in [2.24, 2.45) is 0 Å². The molecular weight excluding hydrogens is 297 g/mol. The van der Waals surface area contributed by atoms with Crippen molar-refractivity contribution in [1.82, 2.24) is 0 Å². The molecule has 7 nitrogen and oxygen atoms in total. The maximum atomic E-state index is 10.7. The van der Waals surface area contributed by atoms with Gasteiger partial charge < -0.3 is 23.5 Å². The molecule has 0 radical (unpaired) electrons. The van der Waals surface area contributed by atoms with Crippen LogP contribution in [0.15, 0.2) is 12.2 Å². The van der Waals surface area contributed by atoms with Crippen LogP contribution in [0.5, 0.6) is 0 Å². The molecule has 1 N–H and O–H groups in total. The predicted octanol–water partition coefficient (Wildman–Crippen LogP) is 1.08. The number of quaternary nitrogens is 1. The van der Waals surface area contributed by atoms with E-state index in [4.69, 9.17) is 9.63 Å². The SMILES string of the molecule is C=C(C)C(=O)OCCCC.C[N+](C)(C)CCOP(=O)([O-])O. The molecule has 8 heteroatoms. The van der Waals surface area contributed by atoms with Gasteiger partial charge in [0.25, 0.3) is 7.82 Å². The summed E-state index contributed by atoms with van der Waals surface area (Å²) in [6, 6.07) is 0. The van der Waals surface area contributed by atoms with Crippen LogP contribution >= 0.6 is 7.82 Å². The van der Waals surface area contributed by atoms with Gasteiger partial charge in [-0.1, -0.05) is 19.9 Å². The highest BCUT2D eigenvalue weighted by Gasteiger charge is 2.09. The first-order valence-corrected chi connectivity index (χ1v) is 8.20. The zero-order valence-corrected chi connectivity index (χ0v) is 14.5. The Bertz CT molecular complexity index is 358. The molecule has 0 aromatic rings. The maximum Gasteiger partial charge on any atom is 0.333 e. The number of carbonyl (C=O) groups is 1. The van der Waals surface area contributed by atoms with Gasteiger partial charge in [0.05, 0.1) is 27.7 Å². The second-order valence-corrected chi connectivity index (χ2v) is 6.78. The van der Waals surface area contributed by atoms with Crippen molar-refractivity contribution in [3.8, 4) is 0 Å². The van der Waals surface area contributed by atoms with Crippen molar-refractivity contribution in [2.45, 2.75) is 26.7 Å². The average Bonchev–Trinajstić information content (AvgIpc) is 2.26. The smallest absolute Gasteiger partial charge is 0.333 e. The summed E-state index contributed by atoms with van der Waals surface area (Å²) in [5, 5.41) is 0. The average molecular weight is 325 g/mol. The van der Waals surface area contributed by atoms with Gasteiger partial charge in [0.2, 0.25) is 0 Å². The molecule has 0 aliphatic heterocycles. The summed E-state index contributed by atoms with van der Waals surface area (Å²) in [5.74, 6) is -0.284. The first-order chi connectivity index (χ1) is 9.39. The quantitative estimate of drug-likeness (QED) is 0.236. The molecule has 0 saturated carbocycles. The van der Waals surface area contributed by atoms with Crippen molar-refractivity contribution in [1.29, 1.82) is 0 Å². The third kappa shape index (κ3) is 21.7. The fourth-order valence-electron chi connectivity index (χ4n) is 0.862. The van der Waals surface area contributed by atoms with Crippen LogP contribution in [0.25, 0.3) is 0 Å². The minimum atomic E-state index is -4.51. The number of unbranched alkanes of at least 4 members (excludes halogenated alkanes) is 1. The maximum absolute atomic E-state index is 10.7. The Morgan fingerprint density at radius 1 is 1.33 bits per heavy atom. The van der Waals surface area contributed by atoms with Crippen molar-refractivity contribution in [3.05, 3.63) is 12.2 Å². The number of rotatable bonds is 8. The number of hydrogen-bond acceptors (Lipinski definition) is 5. The molecule has 1 unspecified atom stereocenters. The lowest BCUT2D eigenvalue weighted by atomic mass is 10.3. The topological polar surface area (TPSA) is 95.9 Å². The van der Waals surface area contributed by atoms with Crippen LogP contribution in [0, 0.1) is 0 Å². The van der Waals surface area contributed by atoms with E-state index in [0.717, 1.165) is 12.8 Å². The van der Waals surface area contributed by atoms with Crippen LogP contribution in [0.4, 0.5) is 0 Å². The molecule has 0 aliphatic rings. The first kappa shape index (κ1) is 22.6. The monoisotopic (exact) mass is 325 g/mol. The van der Waals surface area contributed by atoms with E-state index in [2.05, 4.69) is 18.0 Å². The molecule has 0 bridgehead atoms. The summed E-state index contributed by atoms with van der Waals surface area (Å²) < 4.78 is 19.6. The molecule has 1 atom stereocenters.